The van der Waals surface area contributed by atoms with Gasteiger partial charge in [0.2, 0.25) is 5.89 Å². The molecule has 2 aromatic rings. The maximum absolute atomic E-state index is 9.40. The molecule has 118 valence electrons. The predicted molar refractivity (Wildman–Crippen MR) is 84.7 cm³/mol. The summed E-state index contributed by atoms with van der Waals surface area (Å²) in [5.74, 6) is 1.98. The van der Waals surface area contributed by atoms with Crippen LogP contribution in [0.2, 0.25) is 0 Å². The fourth-order valence-electron chi connectivity index (χ4n) is 3.08. The molecule has 2 N–H and O–H groups in total. The van der Waals surface area contributed by atoms with Crippen molar-refractivity contribution >= 4 is 5.69 Å². The van der Waals surface area contributed by atoms with Gasteiger partial charge in [-0.2, -0.15) is 4.98 Å². The smallest absolute Gasteiger partial charge is 0.229 e. The summed E-state index contributed by atoms with van der Waals surface area (Å²) < 4.78 is 5.37. The topological polar surface area (TPSA) is 71.2 Å². The van der Waals surface area contributed by atoms with E-state index in [1.165, 1.54) is 0 Å². The first-order valence-electron chi connectivity index (χ1n) is 8.08. The lowest BCUT2D eigenvalue weighted by atomic mass is 9.85. The molecule has 1 aromatic heterocycles. The van der Waals surface area contributed by atoms with Crippen molar-refractivity contribution in [1.29, 1.82) is 0 Å². The van der Waals surface area contributed by atoms with Crippen LogP contribution in [-0.4, -0.2) is 21.3 Å². The minimum Gasteiger partial charge on any atom is -0.392 e. The molecule has 0 radical (unpaired) electrons. The Morgan fingerprint density at radius 1 is 1.23 bits per heavy atom. The van der Waals surface area contributed by atoms with Crippen molar-refractivity contribution < 1.29 is 9.63 Å². The highest BCUT2D eigenvalue weighted by Crippen LogP contribution is 2.33. The first-order chi connectivity index (χ1) is 10.8. The molecular formula is C17H23N3O2. The van der Waals surface area contributed by atoms with Gasteiger partial charge in [0.05, 0.1) is 6.61 Å². The van der Waals surface area contributed by atoms with E-state index in [-0.39, 0.29) is 6.61 Å². The molecule has 0 aliphatic heterocycles. The van der Waals surface area contributed by atoms with E-state index in [4.69, 9.17) is 4.52 Å². The first kappa shape index (κ1) is 15.0. The number of benzene rings is 1. The van der Waals surface area contributed by atoms with Crippen molar-refractivity contribution in [1.82, 2.24) is 10.1 Å². The Hall–Kier alpha value is -1.88. The molecule has 1 aliphatic rings. The Balaban J connectivity index is 1.57. The minimum atomic E-state index is 0.0697. The quantitative estimate of drug-likeness (QED) is 0.887. The van der Waals surface area contributed by atoms with Gasteiger partial charge in [-0.25, -0.2) is 0 Å². The van der Waals surface area contributed by atoms with Gasteiger partial charge in [-0.1, -0.05) is 30.3 Å². The highest BCUT2D eigenvalue weighted by molar-refractivity contribution is 5.51. The standard InChI is InChI=1S/C17H23N3O2/c1-2-16-19-17(22-20-16)12-7-9-14(10-8-12)18-15-6-4-3-5-13(15)11-21/h3-6,12,14,18,21H,2,7-11H2,1H3. The van der Waals surface area contributed by atoms with E-state index < -0.39 is 0 Å². The van der Waals surface area contributed by atoms with Crippen LogP contribution in [0.1, 0.15) is 55.8 Å². The van der Waals surface area contributed by atoms with E-state index >= 15 is 0 Å². The molecule has 3 rings (SSSR count). The van der Waals surface area contributed by atoms with Crippen molar-refractivity contribution in [3.8, 4) is 0 Å². The third kappa shape index (κ3) is 3.30. The number of aliphatic hydroxyl groups is 1. The molecule has 0 unspecified atom stereocenters. The number of aliphatic hydroxyl groups excluding tert-OH is 1. The largest absolute Gasteiger partial charge is 0.392 e. The fourth-order valence-corrected chi connectivity index (χ4v) is 3.08. The van der Waals surface area contributed by atoms with Crippen LogP contribution in [0.3, 0.4) is 0 Å². The summed E-state index contributed by atoms with van der Waals surface area (Å²) in [6, 6.07) is 8.38. The number of para-hydroxylation sites is 1. The van der Waals surface area contributed by atoms with Gasteiger partial charge in [0.25, 0.3) is 0 Å². The summed E-state index contributed by atoms with van der Waals surface area (Å²) in [6.45, 7) is 2.11. The van der Waals surface area contributed by atoms with Crippen LogP contribution in [0, 0.1) is 0 Å². The van der Waals surface area contributed by atoms with Crippen LogP contribution >= 0.6 is 0 Å². The van der Waals surface area contributed by atoms with Crippen molar-refractivity contribution in [3.05, 3.63) is 41.5 Å². The Morgan fingerprint density at radius 3 is 2.68 bits per heavy atom. The second kappa shape index (κ2) is 6.92. The van der Waals surface area contributed by atoms with Gasteiger partial charge < -0.3 is 14.9 Å². The van der Waals surface area contributed by atoms with E-state index in [9.17, 15) is 5.11 Å². The molecule has 22 heavy (non-hydrogen) atoms. The number of nitrogens with one attached hydrogen (secondary N) is 1. The molecule has 0 spiro atoms. The SMILES string of the molecule is CCc1noc(C2CCC(Nc3ccccc3CO)CC2)n1. The monoisotopic (exact) mass is 301 g/mol. The zero-order valence-electron chi connectivity index (χ0n) is 13.0. The molecule has 5 heteroatoms. The highest BCUT2D eigenvalue weighted by Gasteiger charge is 2.26. The van der Waals surface area contributed by atoms with Gasteiger partial charge in [-0.05, 0) is 31.7 Å². The number of hydrogen-bond acceptors (Lipinski definition) is 5. The van der Waals surface area contributed by atoms with Gasteiger partial charge in [-0.3, -0.25) is 0 Å². The zero-order valence-corrected chi connectivity index (χ0v) is 13.0. The molecule has 1 heterocycles. The van der Waals surface area contributed by atoms with Crippen LogP contribution in [0.15, 0.2) is 28.8 Å². The highest BCUT2D eigenvalue weighted by atomic mass is 16.5. The lowest BCUT2D eigenvalue weighted by Gasteiger charge is -2.28. The summed E-state index contributed by atoms with van der Waals surface area (Å²) in [5, 5.41) is 16.9. The van der Waals surface area contributed by atoms with E-state index in [1.54, 1.807) is 0 Å². The van der Waals surface area contributed by atoms with E-state index in [1.807, 2.05) is 31.2 Å². The maximum atomic E-state index is 9.40. The molecule has 1 aromatic carbocycles. The average Bonchev–Trinajstić information content (AvgIpc) is 3.05. The van der Waals surface area contributed by atoms with Crippen LogP contribution in [-0.2, 0) is 13.0 Å². The molecular weight excluding hydrogens is 278 g/mol. The Kier molecular flexibility index (Phi) is 4.73. The third-order valence-corrected chi connectivity index (χ3v) is 4.42. The van der Waals surface area contributed by atoms with E-state index in [0.29, 0.717) is 12.0 Å². The fraction of sp³-hybridized carbons (Fsp3) is 0.529. The van der Waals surface area contributed by atoms with Gasteiger partial charge in [0, 0.05) is 29.6 Å². The summed E-state index contributed by atoms with van der Waals surface area (Å²) in [4.78, 5) is 4.46. The summed E-state index contributed by atoms with van der Waals surface area (Å²) in [7, 11) is 0. The zero-order chi connectivity index (χ0) is 15.4. The lowest BCUT2D eigenvalue weighted by molar-refractivity contribution is 0.282. The lowest BCUT2D eigenvalue weighted by Crippen LogP contribution is -2.26. The second-order valence-electron chi connectivity index (χ2n) is 5.91. The Bertz CT molecular complexity index is 603. The molecule has 0 atom stereocenters. The van der Waals surface area contributed by atoms with Crippen LogP contribution < -0.4 is 5.32 Å². The first-order valence-corrected chi connectivity index (χ1v) is 8.08. The summed E-state index contributed by atoms with van der Waals surface area (Å²) in [6.07, 6.45) is 5.09. The van der Waals surface area contributed by atoms with E-state index in [0.717, 1.165) is 55.1 Å². The summed E-state index contributed by atoms with van der Waals surface area (Å²) in [5.41, 5.74) is 1.99. The molecule has 1 fully saturated rings. The van der Waals surface area contributed by atoms with Crippen LogP contribution in [0.5, 0.6) is 0 Å². The average molecular weight is 301 g/mol. The van der Waals surface area contributed by atoms with E-state index in [2.05, 4.69) is 15.5 Å². The minimum absolute atomic E-state index is 0.0697. The molecule has 0 bridgehead atoms. The van der Waals surface area contributed by atoms with Crippen LogP contribution in [0.4, 0.5) is 5.69 Å². The molecule has 0 saturated heterocycles. The molecule has 1 saturated carbocycles. The molecule has 1 aliphatic carbocycles. The van der Waals surface area contributed by atoms with Crippen molar-refractivity contribution in [2.45, 2.75) is 57.6 Å². The molecule has 0 amide bonds. The second-order valence-corrected chi connectivity index (χ2v) is 5.91. The van der Waals surface area contributed by atoms with Crippen molar-refractivity contribution in [2.75, 3.05) is 5.32 Å². The number of aryl methyl sites for hydroxylation is 1. The maximum Gasteiger partial charge on any atom is 0.229 e. The molecule has 5 nitrogen and oxygen atoms in total. The Morgan fingerprint density at radius 2 is 2.00 bits per heavy atom. The van der Waals surface area contributed by atoms with Crippen molar-refractivity contribution in [2.24, 2.45) is 0 Å². The number of rotatable bonds is 5. The van der Waals surface area contributed by atoms with Crippen LogP contribution in [0.25, 0.3) is 0 Å². The number of aromatic nitrogens is 2. The predicted octanol–water partition coefficient (Wildman–Crippen LogP) is 3.26. The third-order valence-electron chi connectivity index (χ3n) is 4.42. The number of nitrogens with zero attached hydrogens (tertiary/aromatic N) is 2. The van der Waals surface area contributed by atoms with Crippen molar-refractivity contribution in [3.63, 3.8) is 0 Å². The summed E-state index contributed by atoms with van der Waals surface area (Å²) >= 11 is 0. The normalized spacial score (nSPS) is 21.7. The van der Waals surface area contributed by atoms with Gasteiger partial charge in [-0.15, -0.1) is 0 Å². The van der Waals surface area contributed by atoms with Gasteiger partial charge in [0.1, 0.15) is 0 Å². The Labute approximate surface area is 130 Å². The number of hydrogen-bond donors (Lipinski definition) is 2. The number of anilines is 1. The van der Waals surface area contributed by atoms with Gasteiger partial charge >= 0.3 is 0 Å². The van der Waals surface area contributed by atoms with Gasteiger partial charge in [0.15, 0.2) is 5.82 Å².